The molecule has 1 aliphatic rings. The fourth-order valence-corrected chi connectivity index (χ4v) is 3.83. The van der Waals surface area contributed by atoms with Gasteiger partial charge in [0, 0.05) is 22.9 Å². The second-order valence-electron chi connectivity index (χ2n) is 4.04. The number of hydrogen-bond donors (Lipinski definition) is 1. The van der Waals surface area contributed by atoms with Crippen molar-refractivity contribution in [2.24, 2.45) is 0 Å². The third kappa shape index (κ3) is 3.78. The molecule has 0 radical (unpaired) electrons. The van der Waals surface area contributed by atoms with Gasteiger partial charge in [-0.25, -0.2) is 4.98 Å². The Labute approximate surface area is 99.9 Å². The molecule has 0 saturated carbocycles. The molecule has 1 unspecified atom stereocenters. The summed E-state index contributed by atoms with van der Waals surface area (Å²) < 4.78 is 1.23. The number of aromatic nitrogens is 1. The molecule has 15 heavy (non-hydrogen) atoms. The quantitative estimate of drug-likeness (QED) is 0.821. The smallest absolute Gasteiger partial charge is 0.150 e. The number of piperidine rings is 1. The van der Waals surface area contributed by atoms with Gasteiger partial charge >= 0.3 is 0 Å². The minimum Gasteiger partial charge on any atom is -0.314 e. The molecule has 1 aliphatic heterocycles. The Kier molecular flexibility index (Phi) is 4.47. The molecule has 0 bridgehead atoms. The molecular weight excluding hydrogens is 224 g/mol. The highest BCUT2D eigenvalue weighted by Crippen LogP contribution is 2.24. The molecule has 1 N–H and O–H groups in total. The highest BCUT2D eigenvalue weighted by molar-refractivity contribution is 8.01. The Hall–Kier alpha value is -0.0600. The maximum atomic E-state index is 4.45. The van der Waals surface area contributed by atoms with Crippen LogP contribution >= 0.6 is 23.1 Å². The van der Waals surface area contributed by atoms with E-state index >= 15 is 0 Å². The maximum Gasteiger partial charge on any atom is 0.150 e. The van der Waals surface area contributed by atoms with Gasteiger partial charge in [-0.1, -0.05) is 18.2 Å². The summed E-state index contributed by atoms with van der Waals surface area (Å²) in [6.45, 7) is 3.27. The molecule has 2 nitrogen and oxygen atoms in total. The summed E-state index contributed by atoms with van der Waals surface area (Å²) in [5.74, 6) is 1.20. The zero-order valence-corrected chi connectivity index (χ0v) is 10.8. The van der Waals surface area contributed by atoms with Crippen molar-refractivity contribution < 1.29 is 0 Å². The monoisotopic (exact) mass is 242 g/mol. The van der Waals surface area contributed by atoms with E-state index in [1.165, 1.54) is 42.3 Å². The average Bonchev–Trinajstić information content (AvgIpc) is 2.66. The summed E-state index contributed by atoms with van der Waals surface area (Å²) in [6.07, 6.45) is 5.40. The molecule has 1 fully saturated rings. The van der Waals surface area contributed by atoms with E-state index in [9.17, 15) is 0 Å². The summed E-state index contributed by atoms with van der Waals surface area (Å²) in [4.78, 5) is 4.45. The van der Waals surface area contributed by atoms with E-state index in [-0.39, 0.29) is 0 Å². The van der Waals surface area contributed by atoms with Crippen LogP contribution in [0.1, 0.15) is 31.4 Å². The van der Waals surface area contributed by atoms with Gasteiger partial charge in [0.25, 0.3) is 0 Å². The van der Waals surface area contributed by atoms with E-state index in [0.29, 0.717) is 0 Å². The van der Waals surface area contributed by atoms with Crippen molar-refractivity contribution in [3.05, 3.63) is 11.1 Å². The minimum atomic E-state index is 0.757. The summed E-state index contributed by atoms with van der Waals surface area (Å²) in [7, 11) is 0. The lowest BCUT2D eigenvalue weighted by atomic mass is 10.0. The second kappa shape index (κ2) is 5.87. The Bertz CT molecular complexity index is 293. The van der Waals surface area contributed by atoms with Crippen molar-refractivity contribution >= 4 is 23.1 Å². The van der Waals surface area contributed by atoms with Crippen LogP contribution in [0.2, 0.25) is 0 Å². The molecule has 1 saturated heterocycles. The van der Waals surface area contributed by atoms with Crippen molar-refractivity contribution in [2.45, 2.75) is 43.0 Å². The molecule has 0 aromatic carbocycles. The molecule has 1 aromatic heterocycles. The number of thiazole rings is 1. The van der Waals surface area contributed by atoms with Gasteiger partial charge in [0.05, 0.1) is 0 Å². The first kappa shape index (κ1) is 11.4. The molecule has 1 atom stereocenters. The van der Waals surface area contributed by atoms with E-state index in [0.717, 1.165) is 11.7 Å². The van der Waals surface area contributed by atoms with Crippen molar-refractivity contribution in [1.82, 2.24) is 10.3 Å². The lowest BCUT2D eigenvalue weighted by molar-refractivity contribution is 0.395. The number of thioether (sulfide) groups is 1. The zero-order valence-electron chi connectivity index (χ0n) is 9.16. The van der Waals surface area contributed by atoms with E-state index in [4.69, 9.17) is 0 Å². The predicted molar refractivity (Wildman–Crippen MR) is 67.8 cm³/mol. The molecule has 4 heteroatoms. The van der Waals surface area contributed by atoms with Crippen LogP contribution in [-0.2, 0) is 0 Å². The van der Waals surface area contributed by atoms with Crippen molar-refractivity contribution in [3.8, 4) is 0 Å². The second-order valence-corrected chi connectivity index (χ2v) is 6.24. The summed E-state index contributed by atoms with van der Waals surface area (Å²) in [5, 5.41) is 5.71. The molecule has 84 valence electrons. The van der Waals surface area contributed by atoms with Crippen LogP contribution in [0.3, 0.4) is 0 Å². The fourth-order valence-electron chi connectivity index (χ4n) is 1.86. The number of nitrogens with one attached hydrogen (secondary N) is 1. The molecule has 0 amide bonds. The fraction of sp³-hybridized carbons (Fsp3) is 0.727. The predicted octanol–water partition coefficient (Wildman–Crippen LogP) is 3.08. The molecule has 2 heterocycles. The third-order valence-electron chi connectivity index (χ3n) is 2.70. The normalized spacial score (nSPS) is 21.8. The minimum absolute atomic E-state index is 0.757. The van der Waals surface area contributed by atoms with Gasteiger partial charge in [0.15, 0.2) is 0 Å². The highest BCUT2D eigenvalue weighted by atomic mass is 32.2. The van der Waals surface area contributed by atoms with Crippen LogP contribution in [0.4, 0.5) is 0 Å². The van der Waals surface area contributed by atoms with Crippen molar-refractivity contribution in [3.63, 3.8) is 0 Å². The first-order valence-corrected chi connectivity index (χ1v) is 7.49. The van der Waals surface area contributed by atoms with Gasteiger partial charge in [-0.05, 0) is 32.7 Å². The number of hydrogen-bond acceptors (Lipinski definition) is 4. The Morgan fingerprint density at radius 3 is 3.20 bits per heavy atom. The van der Waals surface area contributed by atoms with Gasteiger partial charge in [0.1, 0.15) is 4.34 Å². The topological polar surface area (TPSA) is 24.9 Å². The van der Waals surface area contributed by atoms with Crippen LogP contribution in [0, 0.1) is 6.92 Å². The lowest BCUT2D eigenvalue weighted by Crippen LogP contribution is -2.34. The van der Waals surface area contributed by atoms with Gasteiger partial charge < -0.3 is 5.32 Å². The molecule has 1 aromatic rings. The first-order chi connectivity index (χ1) is 7.34. The molecule has 0 spiro atoms. The molecular formula is C11H18N2S2. The first-order valence-electron chi connectivity index (χ1n) is 5.63. The molecule has 0 aliphatic carbocycles. The number of nitrogens with zero attached hydrogens (tertiary/aromatic N) is 1. The van der Waals surface area contributed by atoms with Gasteiger partial charge in [-0.2, -0.15) is 0 Å². The zero-order chi connectivity index (χ0) is 10.5. The van der Waals surface area contributed by atoms with Crippen LogP contribution in [0.5, 0.6) is 0 Å². The Morgan fingerprint density at radius 2 is 2.53 bits per heavy atom. The van der Waals surface area contributed by atoms with E-state index in [1.54, 1.807) is 11.3 Å². The lowest BCUT2D eigenvalue weighted by Gasteiger charge is -2.22. The summed E-state index contributed by atoms with van der Waals surface area (Å²) in [5.41, 5.74) is 1.15. The average molecular weight is 242 g/mol. The standard InChI is InChI=1S/C11H18N2S2/c1-9-8-15-11(13-9)14-7-5-10-4-2-3-6-12-10/h8,10,12H,2-7H2,1H3. The number of aryl methyl sites for hydroxylation is 1. The molecule has 2 rings (SSSR count). The van der Waals surface area contributed by atoms with Crippen LogP contribution in [0.25, 0.3) is 0 Å². The largest absolute Gasteiger partial charge is 0.314 e. The SMILES string of the molecule is Cc1csc(SCCC2CCCCN2)n1. The van der Waals surface area contributed by atoms with Gasteiger partial charge in [0.2, 0.25) is 0 Å². The maximum absolute atomic E-state index is 4.45. The van der Waals surface area contributed by atoms with E-state index in [1.807, 2.05) is 11.8 Å². The van der Waals surface area contributed by atoms with Crippen molar-refractivity contribution in [1.29, 1.82) is 0 Å². The van der Waals surface area contributed by atoms with Crippen LogP contribution in [0.15, 0.2) is 9.72 Å². The highest BCUT2D eigenvalue weighted by Gasteiger charge is 2.12. The Balaban J connectivity index is 1.65. The van der Waals surface area contributed by atoms with Gasteiger partial charge in [-0.3, -0.25) is 0 Å². The van der Waals surface area contributed by atoms with Crippen LogP contribution < -0.4 is 5.32 Å². The van der Waals surface area contributed by atoms with E-state index < -0.39 is 0 Å². The van der Waals surface area contributed by atoms with Crippen molar-refractivity contribution in [2.75, 3.05) is 12.3 Å². The Morgan fingerprint density at radius 1 is 1.60 bits per heavy atom. The summed E-state index contributed by atoms with van der Waals surface area (Å²) in [6, 6.07) is 0.757. The van der Waals surface area contributed by atoms with E-state index in [2.05, 4.69) is 22.6 Å². The number of rotatable bonds is 4. The third-order valence-corrected chi connectivity index (χ3v) is 4.87. The summed E-state index contributed by atoms with van der Waals surface area (Å²) >= 11 is 3.67. The van der Waals surface area contributed by atoms with Crippen LogP contribution in [-0.4, -0.2) is 23.3 Å². The van der Waals surface area contributed by atoms with Gasteiger partial charge in [-0.15, -0.1) is 11.3 Å².